The molecule has 1 heterocycles. The van der Waals surface area contributed by atoms with Crippen molar-refractivity contribution in [2.75, 3.05) is 31.1 Å². The summed E-state index contributed by atoms with van der Waals surface area (Å²) in [4.78, 5) is 2.89. The normalized spacial score (nSPS) is 35.1. The van der Waals surface area contributed by atoms with Crippen molar-refractivity contribution in [1.82, 2.24) is 10.2 Å². The van der Waals surface area contributed by atoms with Crippen LogP contribution in [0.15, 0.2) is 0 Å². The van der Waals surface area contributed by atoms with Crippen molar-refractivity contribution in [3.8, 4) is 0 Å². The molecule has 3 rings (SSSR count). The molecule has 1 saturated heterocycles. The van der Waals surface area contributed by atoms with Gasteiger partial charge in [-0.2, -0.15) is 11.8 Å². The van der Waals surface area contributed by atoms with E-state index in [-0.39, 0.29) is 0 Å². The van der Waals surface area contributed by atoms with Crippen LogP contribution in [0.5, 0.6) is 0 Å². The zero-order chi connectivity index (χ0) is 13.3. The van der Waals surface area contributed by atoms with E-state index in [2.05, 4.69) is 35.8 Å². The van der Waals surface area contributed by atoms with Crippen molar-refractivity contribution < 1.29 is 0 Å². The molecule has 0 amide bonds. The molecular formula is C16H30N2S. The summed E-state index contributed by atoms with van der Waals surface area (Å²) in [6.07, 6.45) is 8.65. The standard InChI is InChI=1S/C16H30N2S/c1-3-19-11-10-18-13-15(2,14-6-7-14)17-12-16(18)8-4-5-9-16/h14,17H,3-13H2,1-2H3. The van der Waals surface area contributed by atoms with Crippen LogP contribution in [-0.2, 0) is 0 Å². The van der Waals surface area contributed by atoms with Gasteiger partial charge in [0, 0.05) is 36.5 Å². The summed E-state index contributed by atoms with van der Waals surface area (Å²) < 4.78 is 0. The smallest absolute Gasteiger partial charge is 0.0335 e. The molecule has 3 aliphatic rings. The van der Waals surface area contributed by atoms with E-state index >= 15 is 0 Å². The maximum Gasteiger partial charge on any atom is 0.0335 e. The largest absolute Gasteiger partial charge is 0.308 e. The van der Waals surface area contributed by atoms with E-state index in [9.17, 15) is 0 Å². The van der Waals surface area contributed by atoms with Crippen molar-refractivity contribution in [2.45, 2.75) is 63.5 Å². The van der Waals surface area contributed by atoms with E-state index < -0.39 is 0 Å². The molecule has 1 N–H and O–H groups in total. The molecule has 110 valence electrons. The van der Waals surface area contributed by atoms with Gasteiger partial charge in [0.1, 0.15) is 0 Å². The van der Waals surface area contributed by atoms with Crippen LogP contribution in [0.3, 0.4) is 0 Å². The zero-order valence-corrected chi connectivity index (χ0v) is 13.5. The zero-order valence-electron chi connectivity index (χ0n) is 12.7. The van der Waals surface area contributed by atoms with Gasteiger partial charge in [-0.3, -0.25) is 4.90 Å². The average molecular weight is 282 g/mol. The molecule has 1 aliphatic heterocycles. The molecule has 0 aromatic heterocycles. The summed E-state index contributed by atoms with van der Waals surface area (Å²) in [6.45, 7) is 8.61. The minimum absolute atomic E-state index is 0.407. The third-order valence-corrected chi connectivity index (χ3v) is 6.61. The lowest BCUT2D eigenvalue weighted by Gasteiger charge is -2.53. The second-order valence-electron chi connectivity index (χ2n) is 7.10. The number of rotatable bonds is 5. The highest BCUT2D eigenvalue weighted by atomic mass is 32.2. The van der Waals surface area contributed by atoms with E-state index in [1.807, 2.05) is 0 Å². The van der Waals surface area contributed by atoms with Gasteiger partial charge in [0.15, 0.2) is 0 Å². The fourth-order valence-corrected chi connectivity index (χ4v) is 4.89. The Kier molecular flexibility index (Phi) is 4.17. The first-order chi connectivity index (χ1) is 9.19. The minimum atomic E-state index is 0.407. The van der Waals surface area contributed by atoms with Gasteiger partial charge in [-0.05, 0) is 44.3 Å². The van der Waals surface area contributed by atoms with Crippen molar-refractivity contribution in [3.05, 3.63) is 0 Å². The third kappa shape index (κ3) is 2.84. The van der Waals surface area contributed by atoms with E-state index in [4.69, 9.17) is 0 Å². The second kappa shape index (κ2) is 5.57. The van der Waals surface area contributed by atoms with E-state index in [0.717, 1.165) is 5.92 Å². The van der Waals surface area contributed by atoms with Crippen LogP contribution >= 0.6 is 11.8 Å². The number of hydrogen-bond donors (Lipinski definition) is 1. The second-order valence-corrected chi connectivity index (χ2v) is 8.49. The molecule has 2 aliphatic carbocycles. The number of thioether (sulfide) groups is 1. The Morgan fingerprint density at radius 1 is 1.26 bits per heavy atom. The van der Waals surface area contributed by atoms with Crippen LogP contribution in [-0.4, -0.2) is 47.1 Å². The maximum atomic E-state index is 3.96. The van der Waals surface area contributed by atoms with E-state index in [1.54, 1.807) is 0 Å². The lowest BCUT2D eigenvalue weighted by atomic mass is 9.84. The van der Waals surface area contributed by atoms with Gasteiger partial charge in [0.05, 0.1) is 0 Å². The van der Waals surface area contributed by atoms with Gasteiger partial charge in [-0.15, -0.1) is 0 Å². The van der Waals surface area contributed by atoms with Crippen LogP contribution in [0.1, 0.15) is 52.4 Å². The summed E-state index contributed by atoms with van der Waals surface area (Å²) >= 11 is 2.11. The molecule has 0 aromatic carbocycles. The van der Waals surface area contributed by atoms with Crippen LogP contribution < -0.4 is 5.32 Å². The molecule has 19 heavy (non-hydrogen) atoms. The Hall–Kier alpha value is 0.270. The molecule has 2 nitrogen and oxygen atoms in total. The van der Waals surface area contributed by atoms with E-state index in [0.29, 0.717) is 11.1 Å². The summed E-state index contributed by atoms with van der Waals surface area (Å²) in [7, 11) is 0. The molecule has 0 radical (unpaired) electrons. The summed E-state index contributed by atoms with van der Waals surface area (Å²) in [6, 6.07) is 0. The molecule has 2 saturated carbocycles. The Morgan fingerprint density at radius 3 is 2.63 bits per heavy atom. The van der Waals surface area contributed by atoms with Gasteiger partial charge in [-0.25, -0.2) is 0 Å². The Morgan fingerprint density at radius 2 is 2.00 bits per heavy atom. The Bertz CT molecular complexity index is 310. The van der Waals surface area contributed by atoms with Crippen LogP contribution in [0.25, 0.3) is 0 Å². The lowest BCUT2D eigenvalue weighted by molar-refractivity contribution is 0.0108. The molecule has 1 unspecified atom stereocenters. The quantitative estimate of drug-likeness (QED) is 0.780. The molecule has 0 bridgehead atoms. The highest BCUT2D eigenvalue weighted by molar-refractivity contribution is 7.99. The van der Waals surface area contributed by atoms with Crippen molar-refractivity contribution in [3.63, 3.8) is 0 Å². The maximum absolute atomic E-state index is 3.96. The first-order valence-electron chi connectivity index (χ1n) is 8.26. The Balaban J connectivity index is 1.68. The third-order valence-electron chi connectivity index (χ3n) is 5.73. The highest BCUT2D eigenvalue weighted by Crippen LogP contribution is 2.45. The molecular weight excluding hydrogens is 252 g/mol. The van der Waals surface area contributed by atoms with E-state index in [1.165, 1.54) is 69.7 Å². The first-order valence-corrected chi connectivity index (χ1v) is 9.42. The number of nitrogens with zero attached hydrogens (tertiary/aromatic N) is 1. The van der Waals surface area contributed by atoms with Crippen LogP contribution in [0.4, 0.5) is 0 Å². The first kappa shape index (κ1) is 14.2. The van der Waals surface area contributed by atoms with Crippen molar-refractivity contribution >= 4 is 11.8 Å². The summed E-state index contributed by atoms with van der Waals surface area (Å²) in [5.74, 6) is 3.53. The van der Waals surface area contributed by atoms with Crippen molar-refractivity contribution in [1.29, 1.82) is 0 Å². The number of nitrogens with one attached hydrogen (secondary N) is 1. The predicted molar refractivity (Wildman–Crippen MR) is 84.9 cm³/mol. The monoisotopic (exact) mass is 282 g/mol. The number of piperazine rings is 1. The van der Waals surface area contributed by atoms with Crippen LogP contribution in [0.2, 0.25) is 0 Å². The van der Waals surface area contributed by atoms with Crippen LogP contribution in [0, 0.1) is 5.92 Å². The number of hydrogen-bond acceptors (Lipinski definition) is 3. The topological polar surface area (TPSA) is 15.3 Å². The average Bonchev–Trinajstić information content (AvgIpc) is 3.16. The van der Waals surface area contributed by atoms with Gasteiger partial charge in [0.2, 0.25) is 0 Å². The van der Waals surface area contributed by atoms with Gasteiger partial charge in [-0.1, -0.05) is 19.8 Å². The summed E-state index contributed by atoms with van der Waals surface area (Å²) in [5.41, 5.74) is 0.924. The SMILES string of the molecule is CCSCCN1CC(C)(C2CC2)NCC12CCCC2. The predicted octanol–water partition coefficient (Wildman–Crippen LogP) is 3.13. The van der Waals surface area contributed by atoms with Gasteiger partial charge >= 0.3 is 0 Å². The molecule has 3 heteroatoms. The van der Waals surface area contributed by atoms with Gasteiger partial charge in [0.25, 0.3) is 0 Å². The lowest BCUT2D eigenvalue weighted by Crippen LogP contribution is -2.69. The fraction of sp³-hybridized carbons (Fsp3) is 1.00. The molecule has 1 atom stereocenters. The summed E-state index contributed by atoms with van der Waals surface area (Å²) in [5, 5.41) is 3.96. The molecule has 3 fully saturated rings. The van der Waals surface area contributed by atoms with Crippen molar-refractivity contribution in [2.24, 2.45) is 5.92 Å². The fourth-order valence-electron chi connectivity index (χ4n) is 4.25. The Labute approximate surface area is 123 Å². The molecule has 0 aromatic rings. The van der Waals surface area contributed by atoms with Gasteiger partial charge < -0.3 is 5.32 Å². The minimum Gasteiger partial charge on any atom is -0.308 e. The highest BCUT2D eigenvalue weighted by Gasteiger charge is 2.51. The molecule has 1 spiro atoms.